The third-order valence-electron chi connectivity index (χ3n) is 12.7. The van der Waals surface area contributed by atoms with Crippen molar-refractivity contribution < 1.29 is 42.2 Å². The van der Waals surface area contributed by atoms with Crippen LogP contribution < -0.4 is 29.3 Å². The van der Waals surface area contributed by atoms with E-state index in [1.165, 1.54) is 15.9 Å². The Kier molecular flexibility index (Phi) is 11.2. The van der Waals surface area contributed by atoms with Gasteiger partial charge in [-0.15, -0.1) is 0 Å². The molecule has 0 atom stereocenters. The number of imide groups is 2. The van der Waals surface area contributed by atoms with Crippen molar-refractivity contribution in [3.8, 4) is 23.0 Å². The highest BCUT2D eigenvalue weighted by Gasteiger charge is 2.42. The predicted molar refractivity (Wildman–Crippen MR) is 231 cm³/mol. The number of aryl methyl sites for hydroxylation is 1. The molecule has 0 bridgehead atoms. The standard InChI is InChI=1S/C47H49F2N7O7/c1-4-62-40-24-29(8-13-38(40)61-3)27-56-44(58)33-6-5-7-36(42(33)45(56)59)54-22-17-47(49,18-23-54)28-53-19-14-31(15-20-53)30-9-11-32(12-10-30)63-39-26-37-34(25-35(39)48)43(51-52(37)2)55-21-16-41(57)50-46(55)60/h5-13,24-26,31H,4,14-23,27-28H2,1-3H3,(H,50,57,60). The summed E-state index contributed by atoms with van der Waals surface area (Å²) in [6.07, 6.45) is 2.48. The summed E-state index contributed by atoms with van der Waals surface area (Å²) in [4.78, 5) is 58.3. The maximum atomic E-state index is 16.5. The first-order valence-electron chi connectivity index (χ1n) is 21.4. The van der Waals surface area contributed by atoms with Crippen molar-refractivity contribution in [2.24, 2.45) is 7.05 Å². The zero-order chi connectivity index (χ0) is 44.0. The number of nitrogens with one attached hydrogen (secondary N) is 1. The third-order valence-corrected chi connectivity index (χ3v) is 12.7. The largest absolute Gasteiger partial charge is 0.493 e. The number of amides is 5. The minimum absolute atomic E-state index is 0.0167. The molecule has 4 aliphatic heterocycles. The molecule has 16 heteroatoms. The van der Waals surface area contributed by atoms with Crippen LogP contribution in [-0.2, 0) is 18.4 Å². The van der Waals surface area contributed by atoms with Gasteiger partial charge in [-0.1, -0.05) is 24.3 Å². The summed E-state index contributed by atoms with van der Waals surface area (Å²) >= 11 is 0. The van der Waals surface area contributed by atoms with E-state index < -0.39 is 17.5 Å². The van der Waals surface area contributed by atoms with Crippen molar-refractivity contribution in [3.63, 3.8) is 0 Å². The van der Waals surface area contributed by atoms with Crippen LogP contribution in [0, 0.1) is 5.82 Å². The lowest BCUT2D eigenvalue weighted by Gasteiger charge is -2.42. The zero-order valence-electron chi connectivity index (χ0n) is 35.5. The summed E-state index contributed by atoms with van der Waals surface area (Å²) in [7, 11) is 3.25. The number of anilines is 2. The topological polar surface area (TPSA) is 139 Å². The number of carbonyl (C=O) groups is 4. The van der Waals surface area contributed by atoms with E-state index in [2.05, 4.69) is 15.3 Å². The molecule has 0 radical (unpaired) electrons. The molecular formula is C47H49F2N7O7. The fourth-order valence-corrected chi connectivity index (χ4v) is 9.34. The highest BCUT2D eigenvalue weighted by molar-refractivity contribution is 6.23. The summed E-state index contributed by atoms with van der Waals surface area (Å²) in [5, 5.41) is 7.13. The minimum atomic E-state index is -1.38. The van der Waals surface area contributed by atoms with E-state index in [1.807, 2.05) is 48.2 Å². The van der Waals surface area contributed by atoms with Crippen LogP contribution in [0.1, 0.15) is 76.8 Å². The number of methoxy groups -OCH3 is 1. The van der Waals surface area contributed by atoms with Gasteiger partial charge < -0.3 is 24.0 Å². The second kappa shape index (κ2) is 17.0. The van der Waals surface area contributed by atoms with Gasteiger partial charge in [0.05, 0.1) is 42.6 Å². The molecule has 328 valence electrons. The predicted octanol–water partition coefficient (Wildman–Crippen LogP) is 7.34. The molecule has 0 unspecified atom stereocenters. The van der Waals surface area contributed by atoms with Gasteiger partial charge in [0.25, 0.3) is 11.8 Å². The van der Waals surface area contributed by atoms with Crippen molar-refractivity contribution >= 4 is 46.2 Å². The number of nitrogens with zero attached hydrogens (tertiary/aromatic N) is 6. The number of hydrogen-bond acceptors (Lipinski definition) is 10. The molecule has 4 aromatic carbocycles. The SMILES string of the molecule is CCOc1cc(CN2C(=O)c3cccc(N4CCC(F)(CN5CCC(c6ccc(Oc7cc8c(cc7F)c(N7CCC(=O)NC7=O)nn8C)cc6)CC5)CC4)c3C2=O)ccc1OC. The van der Waals surface area contributed by atoms with Crippen LogP contribution in [0.4, 0.5) is 25.1 Å². The molecule has 9 rings (SSSR count). The summed E-state index contributed by atoms with van der Waals surface area (Å²) in [6, 6.07) is 20.6. The summed E-state index contributed by atoms with van der Waals surface area (Å²) in [6.45, 7) is 5.25. The second-order valence-corrected chi connectivity index (χ2v) is 16.7. The van der Waals surface area contributed by atoms with Gasteiger partial charge in [-0.2, -0.15) is 5.10 Å². The highest BCUT2D eigenvalue weighted by Crippen LogP contribution is 2.39. The van der Waals surface area contributed by atoms with Crippen molar-refractivity contribution in [2.45, 2.75) is 57.2 Å². The van der Waals surface area contributed by atoms with E-state index >= 15 is 8.78 Å². The van der Waals surface area contributed by atoms with Gasteiger partial charge in [-0.05, 0) is 92.4 Å². The molecule has 4 aliphatic rings. The molecule has 5 amide bonds. The first-order valence-corrected chi connectivity index (χ1v) is 21.4. The average molecular weight is 862 g/mol. The Morgan fingerprint density at radius 2 is 1.63 bits per heavy atom. The number of aromatic nitrogens is 2. The number of rotatable bonds is 12. The Hall–Kier alpha value is -6.55. The normalized spacial score (nSPS) is 18.3. The number of hydrogen-bond donors (Lipinski definition) is 1. The number of carbonyl (C=O) groups excluding carboxylic acids is 4. The number of benzene rings is 4. The van der Waals surface area contributed by atoms with Crippen LogP contribution >= 0.6 is 0 Å². The van der Waals surface area contributed by atoms with E-state index in [4.69, 9.17) is 14.2 Å². The van der Waals surface area contributed by atoms with Crippen molar-refractivity contribution in [3.05, 3.63) is 101 Å². The van der Waals surface area contributed by atoms with Crippen molar-refractivity contribution in [1.82, 2.24) is 24.9 Å². The van der Waals surface area contributed by atoms with Crippen molar-refractivity contribution in [1.29, 1.82) is 0 Å². The van der Waals surface area contributed by atoms with Crippen LogP contribution in [0.3, 0.4) is 0 Å². The minimum Gasteiger partial charge on any atom is -0.493 e. The van der Waals surface area contributed by atoms with E-state index in [0.29, 0.717) is 84.0 Å². The molecule has 0 aliphatic carbocycles. The highest BCUT2D eigenvalue weighted by atomic mass is 19.1. The fourth-order valence-electron chi connectivity index (χ4n) is 9.34. The number of urea groups is 1. The quantitative estimate of drug-likeness (QED) is 0.127. The maximum absolute atomic E-state index is 16.5. The van der Waals surface area contributed by atoms with E-state index in [-0.39, 0.29) is 54.7 Å². The number of fused-ring (bicyclic) bond motifs is 2. The Morgan fingerprint density at radius 1 is 0.873 bits per heavy atom. The van der Waals surface area contributed by atoms with Gasteiger partial charge in [0.2, 0.25) is 5.91 Å². The summed E-state index contributed by atoms with van der Waals surface area (Å²) in [5.74, 6) is 0.457. The van der Waals surface area contributed by atoms with Crippen LogP contribution in [0.25, 0.3) is 10.9 Å². The van der Waals surface area contributed by atoms with Gasteiger partial charge in [-0.3, -0.25) is 34.2 Å². The summed E-state index contributed by atoms with van der Waals surface area (Å²) in [5.41, 5.74) is 2.45. The Balaban J connectivity index is 0.779. The Bertz CT molecular complexity index is 2600. The van der Waals surface area contributed by atoms with Gasteiger partial charge in [0.15, 0.2) is 28.9 Å². The Labute approximate surface area is 363 Å². The van der Waals surface area contributed by atoms with Crippen LogP contribution in [0.5, 0.6) is 23.0 Å². The first kappa shape index (κ1) is 41.8. The van der Waals surface area contributed by atoms with Gasteiger partial charge in [-0.25, -0.2) is 13.6 Å². The van der Waals surface area contributed by atoms with E-state index in [9.17, 15) is 19.2 Å². The van der Waals surface area contributed by atoms with Gasteiger partial charge in [0.1, 0.15) is 11.4 Å². The van der Waals surface area contributed by atoms with Gasteiger partial charge in [0, 0.05) is 63.9 Å². The lowest BCUT2D eigenvalue weighted by atomic mass is 9.87. The van der Waals surface area contributed by atoms with Crippen LogP contribution in [0.2, 0.25) is 0 Å². The molecule has 5 heterocycles. The third kappa shape index (κ3) is 8.15. The smallest absolute Gasteiger partial charge is 0.329 e. The number of piperidine rings is 2. The fraction of sp³-hybridized carbons (Fsp3) is 0.383. The van der Waals surface area contributed by atoms with Crippen molar-refractivity contribution in [2.75, 3.05) is 62.8 Å². The molecule has 3 fully saturated rings. The molecule has 14 nitrogen and oxygen atoms in total. The Morgan fingerprint density at radius 3 is 2.35 bits per heavy atom. The van der Waals surface area contributed by atoms with Crippen LogP contribution in [-0.4, -0.2) is 102 Å². The molecule has 0 spiro atoms. The zero-order valence-corrected chi connectivity index (χ0v) is 35.5. The van der Waals surface area contributed by atoms with Gasteiger partial charge >= 0.3 is 6.03 Å². The average Bonchev–Trinajstić information content (AvgIpc) is 3.72. The van der Waals surface area contributed by atoms with E-state index in [0.717, 1.165) is 37.1 Å². The number of likely N-dealkylation sites (tertiary alicyclic amines) is 1. The van der Waals surface area contributed by atoms with Crippen LogP contribution in [0.15, 0.2) is 72.8 Å². The number of halogens is 2. The second-order valence-electron chi connectivity index (χ2n) is 16.7. The lowest BCUT2D eigenvalue weighted by Crippen LogP contribution is -2.50. The number of alkyl halides is 1. The number of ether oxygens (including phenoxy) is 3. The lowest BCUT2D eigenvalue weighted by molar-refractivity contribution is -0.120. The molecule has 0 saturated carbocycles. The molecule has 3 saturated heterocycles. The molecule has 63 heavy (non-hydrogen) atoms. The van der Waals surface area contributed by atoms with E-state index in [1.54, 1.807) is 49.2 Å². The monoisotopic (exact) mass is 861 g/mol. The molecular weight excluding hydrogens is 813 g/mol. The molecule has 1 aromatic heterocycles. The molecule has 5 aromatic rings. The summed E-state index contributed by atoms with van der Waals surface area (Å²) < 4.78 is 50.5. The maximum Gasteiger partial charge on any atom is 0.329 e. The molecule has 1 N–H and O–H groups in total. The first-order chi connectivity index (χ1) is 30.4.